The van der Waals surface area contributed by atoms with Crippen LogP contribution in [-0.4, -0.2) is 84.6 Å². The summed E-state index contributed by atoms with van der Waals surface area (Å²) >= 11 is 0. The topological polar surface area (TPSA) is 117 Å². The maximum Gasteiger partial charge on any atom is 0.257 e. The van der Waals surface area contributed by atoms with Crippen LogP contribution in [0, 0.1) is 11.8 Å². The quantitative estimate of drug-likeness (QED) is 0.293. The summed E-state index contributed by atoms with van der Waals surface area (Å²) in [4.78, 5) is 25.0. The van der Waals surface area contributed by atoms with Crippen LogP contribution in [0.5, 0.6) is 0 Å². The smallest absolute Gasteiger partial charge is 0.257 e. The molecule has 1 aromatic carbocycles. The number of imidazole rings is 1. The van der Waals surface area contributed by atoms with Crippen molar-refractivity contribution in [3.63, 3.8) is 0 Å². The molecule has 41 heavy (non-hydrogen) atoms. The van der Waals surface area contributed by atoms with Crippen molar-refractivity contribution in [2.24, 2.45) is 7.05 Å². The third-order valence-corrected chi connectivity index (χ3v) is 7.03. The second kappa shape index (κ2) is 11.0. The van der Waals surface area contributed by atoms with Crippen LogP contribution >= 0.6 is 0 Å². The molecule has 2 N–H and O–H groups in total. The maximum absolute atomic E-state index is 13.8. The number of rotatable bonds is 7. The molecular formula is C28H27F2N9O2. The molecule has 0 radical (unpaired) electrons. The van der Waals surface area contributed by atoms with Gasteiger partial charge in [-0.25, -0.2) is 18.9 Å². The second-order valence-electron chi connectivity index (χ2n) is 9.70. The predicted molar refractivity (Wildman–Crippen MR) is 148 cm³/mol. The zero-order chi connectivity index (χ0) is 28.5. The molecule has 13 heteroatoms. The summed E-state index contributed by atoms with van der Waals surface area (Å²) < 4.78 is 30.6. The van der Waals surface area contributed by atoms with Gasteiger partial charge >= 0.3 is 0 Å². The molecule has 0 saturated carbocycles. The van der Waals surface area contributed by atoms with Gasteiger partial charge in [0.15, 0.2) is 11.5 Å². The minimum atomic E-state index is -0.752. The first kappa shape index (κ1) is 26.5. The van der Waals surface area contributed by atoms with Crippen LogP contribution in [0.2, 0.25) is 0 Å². The number of hydrogen-bond donors (Lipinski definition) is 2. The van der Waals surface area contributed by atoms with Gasteiger partial charge in [-0.05, 0) is 42.5 Å². The molecule has 210 valence electrons. The number of carbonyl (C=O) groups is 1. The largest absolute Gasteiger partial charge is 0.395 e. The monoisotopic (exact) mass is 559 g/mol. The molecule has 1 saturated heterocycles. The minimum absolute atomic E-state index is 0.113. The van der Waals surface area contributed by atoms with Crippen LogP contribution < -0.4 is 10.2 Å². The summed E-state index contributed by atoms with van der Waals surface area (Å²) in [7, 11) is 1.87. The minimum Gasteiger partial charge on any atom is -0.395 e. The number of benzene rings is 1. The fraction of sp³-hybridized carbons (Fsp3) is 0.250. The Hall–Kier alpha value is -4.75. The summed E-state index contributed by atoms with van der Waals surface area (Å²) in [6, 6.07) is 12.3. The van der Waals surface area contributed by atoms with Gasteiger partial charge in [0.25, 0.3) is 5.91 Å². The van der Waals surface area contributed by atoms with Crippen LogP contribution in [0.3, 0.4) is 0 Å². The number of nitrogens with one attached hydrogen (secondary N) is 1. The van der Waals surface area contributed by atoms with Gasteiger partial charge in [0.1, 0.15) is 17.3 Å². The van der Waals surface area contributed by atoms with Crippen molar-refractivity contribution in [2.45, 2.75) is 0 Å². The number of amides is 1. The number of hydrogen-bond acceptors (Lipinski definition) is 8. The lowest BCUT2D eigenvalue weighted by Gasteiger charge is -2.36. The molecule has 0 bridgehead atoms. The van der Waals surface area contributed by atoms with E-state index in [2.05, 4.69) is 25.1 Å². The first-order valence-electron chi connectivity index (χ1n) is 13.1. The van der Waals surface area contributed by atoms with Crippen molar-refractivity contribution < 1.29 is 18.7 Å². The van der Waals surface area contributed by atoms with Gasteiger partial charge < -0.3 is 15.3 Å². The number of carbonyl (C=O) groups excluding carboxylic acids is 1. The number of aliphatic hydroxyl groups is 1. The summed E-state index contributed by atoms with van der Waals surface area (Å²) in [6.45, 7) is 3.77. The van der Waals surface area contributed by atoms with Gasteiger partial charge in [0.05, 0.1) is 24.1 Å². The Kier molecular flexibility index (Phi) is 7.12. The SMILES string of the molecule is Cn1nc(-c2ccc(F)cc2)c(-c2ccc3nc(NC(=O)c4ccnc(F)c4)cn3n2)c1N1CCN(CCO)CC1. The number of aliphatic hydroxyl groups excluding tert-OH is 1. The maximum atomic E-state index is 13.8. The molecular weight excluding hydrogens is 532 g/mol. The van der Waals surface area contributed by atoms with Gasteiger partial charge in [-0.3, -0.25) is 14.4 Å². The number of β-amino-alcohol motifs (C(OH)–C–C–N with tert-alkyl or cyclic N) is 1. The van der Waals surface area contributed by atoms with E-state index in [0.29, 0.717) is 23.6 Å². The van der Waals surface area contributed by atoms with Crippen molar-refractivity contribution in [3.05, 3.63) is 78.3 Å². The number of nitrogens with zero attached hydrogens (tertiary/aromatic N) is 8. The van der Waals surface area contributed by atoms with E-state index in [4.69, 9.17) is 10.2 Å². The first-order valence-corrected chi connectivity index (χ1v) is 13.1. The van der Waals surface area contributed by atoms with Crippen molar-refractivity contribution in [1.82, 2.24) is 34.3 Å². The molecule has 1 amide bonds. The normalized spacial score (nSPS) is 14.1. The third-order valence-electron chi connectivity index (χ3n) is 7.03. The number of piperazine rings is 1. The number of aromatic nitrogens is 6. The highest BCUT2D eigenvalue weighted by Gasteiger charge is 2.27. The Morgan fingerprint density at radius 3 is 2.54 bits per heavy atom. The highest BCUT2D eigenvalue weighted by Crippen LogP contribution is 2.39. The molecule has 1 aliphatic rings. The third kappa shape index (κ3) is 5.36. The average molecular weight is 560 g/mol. The van der Waals surface area contributed by atoms with Crippen molar-refractivity contribution in [1.29, 1.82) is 0 Å². The lowest BCUT2D eigenvalue weighted by Crippen LogP contribution is -2.47. The highest BCUT2D eigenvalue weighted by atomic mass is 19.1. The fourth-order valence-electron chi connectivity index (χ4n) is 5.06. The van der Waals surface area contributed by atoms with E-state index < -0.39 is 11.9 Å². The summed E-state index contributed by atoms with van der Waals surface area (Å²) in [5.74, 6) is -0.495. The number of halogens is 2. The number of anilines is 2. The lowest BCUT2D eigenvalue weighted by molar-refractivity contribution is 0.102. The Labute approximate surface area is 233 Å². The van der Waals surface area contributed by atoms with E-state index in [-0.39, 0.29) is 23.8 Å². The summed E-state index contributed by atoms with van der Waals surface area (Å²) in [5.41, 5.74) is 3.41. The number of aryl methyl sites for hydroxylation is 1. The van der Waals surface area contributed by atoms with E-state index in [1.807, 2.05) is 17.8 Å². The lowest BCUT2D eigenvalue weighted by atomic mass is 10.0. The molecule has 11 nitrogen and oxygen atoms in total. The van der Waals surface area contributed by atoms with Crippen LogP contribution in [0.25, 0.3) is 28.2 Å². The molecule has 1 aliphatic heterocycles. The molecule has 4 aromatic heterocycles. The molecule has 1 fully saturated rings. The van der Waals surface area contributed by atoms with Crippen LogP contribution in [-0.2, 0) is 7.05 Å². The van der Waals surface area contributed by atoms with Gasteiger partial charge in [-0.1, -0.05) is 0 Å². The molecule has 0 unspecified atom stereocenters. The predicted octanol–water partition coefficient (Wildman–Crippen LogP) is 2.84. The van der Waals surface area contributed by atoms with Crippen LogP contribution in [0.4, 0.5) is 20.4 Å². The highest BCUT2D eigenvalue weighted by molar-refractivity contribution is 6.03. The average Bonchev–Trinajstić information content (AvgIpc) is 3.53. The molecule has 6 rings (SSSR count). The van der Waals surface area contributed by atoms with E-state index >= 15 is 0 Å². The molecule has 0 spiro atoms. The van der Waals surface area contributed by atoms with Crippen LogP contribution in [0.15, 0.2) is 60.9 Å². The summed E-state index contributed by atoms with van der Waals surface area (Å²) in [6.07, 6.45) is 2.80. The van der Waals surface area contributed by atoms with Gasteiger partial charge in [-0.15, -0.1) is 0 Å². The van der Waals surface area contributed by atoms with Crippen LogP contribution in [0.1, 0.15) is 10.4 Å². The van der Waals surface area contributed by atoms with Gasteiger partial charge in [-0.2, -0.15) is 14.6 Å². The molecule has 0 aliphatic carbocycles. The fourth-order valence-corrected chi connectivity index (χ4v) is 5.06. The number of pyridine rings is 1. The standard InChI is InChI=1S/C28H27F2N9O2/c1-36-28(38-12-10-37(11-13-38)14-15-40)25(26(35-36)18-2-4-20(29)5-3-18)21-6-7-24-32-23(17-39(24)34-21)33-27(41)19-8-9-31-22(30)16-19/h2-9,16-17,40H,10-15H2,1H3,(H,33,41). The van der Waals surface area contributed by atoms with E-state index in [1.165, 1.54) is 24.4 Å². The number of fused-ring (bicyclic) bond motifs is 1. The summed E-state index contributed by atoms with van der Waals surface area (Å²) in [5, 5.41) is 21.6. The zero-order valence-corrected chi connectivity index (χ0v) is 22.2. The van der Waals surface area contributed by atoms with Crippen molar-refractivity contribution in [2.75, 3.05) is 49.5 Å². The van der Waals surface area contributed by atoms with Gasteiger partial charge in [0.2, 0.25) is 5.95 Å². The van der Waals surface area contributed by atoms with E-state index in [0.717, 1.165) is 49.2 Å². The molecule has 5 heterocycles. The Morgan fingerprint density at radius 1 is 1.02 bits per heavy atom. The second-order valence-corrected chi connectivity index (χ2v) is 9.70. The van der Waals surface area contributed by atoms with E-state index in [1.54, 1.807) is 28.9 Å². The van der Waals surface area contributed by atoms with Crippen molar-refractivity contribution in [3.8, 4) is 22.5 Å². The first-order chi connectivity index (χ1) is 19.9. The Morgan fingerprint density at radius 2 is 1.80 bits per heavy atom. The Bertz CT molecular complexity index is 1710. The van der Waals surface area contributed by atoms with Gasteiger partial charge in [0, 0.05) is 63.2 Å². The molecule has 5 aromatic rings. The Balaban J connectivity index is 1.38. The van der Waals surface area contributed by atoms with Crippen molar-refractivity contribution >= 4 is 23.2 Å². The zero-order valence-electron chi connectivity index (χ0n) is 22.2. The van der Waals surface area contributed by atoms with E-state index in [9.17, 15) is 18.7 Å². The molecule has 0 atom stereocenters.